The lowest BCUT2D eigenvalue weighted by molar-refractivity contribution is -0.120. The van der Waals surface area contributed by atoms with Crippen molar-refractivity contribution < 1.29 is 9.53 Å². The molecule has 1 aromatic heterocycles. The van der Waals surface area contributed by atoms with Crippen LogP contribution in [0.3, 0.4) is 0 Å². The summed E-state index contributed by atoms with van der Waals surface area (Å²) < 4.78 is 5.72. The lowest BCUT2D eigenvalue weighted by Gasteiger charge is -2.25. The molecule has 2 heterocycles. The number of thiophene rings is 1. The van der Waals surface area contributed by atoms with E-state index in [9.17, 15) is 4.79 Å². The Bertz CT molecular complexity index is 580. The fraction of sp³-hybridized carbons (Fsp3) is 0.312. The van der Waals surface area contributed by atoms with Crippen LogP contribution in [0.2, 0.25) is 0 Å². The number of carbonyl (C=O) groups excluding carboxylic acids is 1. The van der Waals surface area contributed by atoms with E-state index in [0.717, 1.165) is 17.0 Å². The molecule has 2 aromatic rings. The van der Waals surface area contributed by atoms with E-state index in [2.05, 4.69) is 11.4 Å². The van der Waals surface area contributed by atoms with Crippen molar-refractivity contribution in [2.24, 2.45) is 5.92 Å². The summed E-state index contributed by atoms with van der Waals surface area (Å²) in [6, 6.07) is 12.1. The number of benzene rings is 1. The summed E-state index contributed by atoms with van der Waals surface area (Å²) in [5.41, 5.74) is 1.23. The molecule has 0 saturated heterocycles. The molecule has 1 unspecified atom stereocenters. The summed E-state index contributed by atoms with van der Waals surface area (Å²) in [5.74, 6) is 1.43. The highest BCUT2D eigenvalue weighted by molar-refractivity contribution is 7.10. The number of fused-ring (bicyclic) bond motifs is 1. The molecule has 3 rings (SSSR count). The van der Waals surface area contributed by atoms with Crippen molar-refractivity contribution in [2.45, 2.75) is 12.8 Å². The van der Waals surface area contributed by atoms with Crippen LogP contribution >= 0.6 is 11.3 Å². The molecule has 1 aliphatic rings. The van der Waals surface area contributed by atoms with Crippen molar-refractivity contribution in [3.05, 3.63) is 52.2 Å². The monoisotopic (exact) mass is 287 g/mol. The zero-order chi connectivity index (χ0) is 13.8. The van der Waals surface area contributed by atoms with Gasteiger partial charge < -0.3 is 10.1 Å². The molecule has 0 fully saturated rings. The topological polar surface area (TPSA) is 38.3 Å². The quantitative estimate of drug-likeness (QED) is 0.939. The van der Waals surface area contributed by atoms with E-state index >= 15 is 0 Å². The molecule has 0 bridgehead atoms. The molecule has 1 aromatic carbocycles. The lowest BCUT2D eigenvalue weighted by atomic mass is 9.97. The number of hydrogen-bond acceptors (Lipinski definition) is 3. The van der Waals surface area contributed by atoms with Gasteiger partial charge in [-0.05, 0) is 29.5 Å². The molecule has 1 atom stereocenters. The number of nitrogens with one attached hydrogen (secondary N) is 1. The van der Waals surface area contributed by atoms with Gasteiger partial charge >= 0.3 is 0 Å². The molecule has 3 nitrogen and oxygen atoms in total. The van der Waals surface area contributed by atoms with Crippen LogP contribution in [0.25, 0.3) is 0 Å². The average molecular weight is 287 g/mol. The third kappa shape index (κ3) is 3.20. The van der Waals surface area contributed by atoms with Crippen LogP contribution in [0, 0.1) is 5.92 Å². The third-order valence-electron chi connectivity index (χ3n) is 3.46. The van der Waals surface area contributed by atoms with Crippen molar-refractivity contribution in [1.29, 1.82) is 0 Å². The molecule has 0 spiro atoms. The van der Waals surface area contributed by atoms with Crippen LogP contribution in [0.5, 0.6) is 5.75 Å². The Morgan fingerprint density at radius 3 is 3.05 bits per heavy atom. The van der Waals surface area contributed by atoms with Gasteiger partial charge in [0.15, 0.2) is 0 Å². The number of carbonyl (C=O) groups is 1. The van der Waals surface area contributed by atoms with Crippen LogP contribution in [0.1, 0.15) is 10.4 Å². The maximum absolute atomic E-state index is 11.9. The number of rotatable bonds is 4. The van der Waals surface area contributed by atoms with Crippen molar-refractivity contribution >= 4 is 17.2 Å². The van der Waals surface area contributed by atoms with Crippen molar-refractivity contribution in [1.82, 2.24) is 5.32 Å². The van der Waals surface area contributed by atoms with Gasteiger partial charge in [-0.2, -0.15) is 0 Å². The summed E-state index contributed by atoms with van der Waals surface area (Å²) in [5, 5.41) is 5.00. The molecule has 0 aliphatic carbocycles. The number of para-hydroxylation sites is 1. The van der Waals surface area contributed by atoms with E-state index < -0.39 is 0 Å². The van der Waals surface area contributed by atoms with Crippen LogP contribution in [-0.2, 0) is 17.6 Å². The van der Waals surface area contributed by atoms with E-state index in [1.54, 1.807) is 11.3 Å². The Morgan fingerprint density at radius 1 is 1.30 bits per heavy atom. The Morgan fingerprint density at radius 2 is 2.20 bits per heavy atom. The van der Waals surface area contributed by atoms with Crippen molar-refractivity contribution in [2.75, 3.05) is 13.2 Å². The number of ether oxygens (including phenoxy) is 1. The van der Waals surface area contributed by atoms with E-state index in [1.807, 2.05) is 35.7 Å². The Kier molecular flexibility index (Phi) is 4.02. The largest absolute Gasteiger partial charge is 0.493 e. The van der Waals surface area contributed by atoms with E-state index in [-0.39, 0.29) is 5.91 Å². The van der Waals surface area contributed by atoms with Gasteiger partial charge in [0, 0.05) is 17.3 Å². The predicted molar refractivity (Wildman–Crippen MR) is 80.2 cm³/mol. The second-order valence-electron chi connectivity index (χ2n) is 5.05. The highest BCUT2D eigenvalue weighted by Crippen LogP contribution is 2.26. The molecule has 4 heteroatoms. The molecular formula is C16H17NO2S. The van der Waals surface area contributed by atoms with Crippen molar-refractivity contribution in [3.8, 4) is 5.75 Å². The first-order valence-corrected chi connectivity index (χ1v) is 7.69. The second kappa shape index (κ2) is 6.09. The minimum absolute atomic E-state index is 0.0892. The minimum Gasteiger partial charge on any atom is -0.493 e. The number of hydrogen-bond donors (Lipinski definition) is 1. The summed E-state index contributed by atoms with van der Waals surface area (Å²) in [4.78, 5) is 13.0. The van der Waals surface area contributed by atoms with Gasteiger partial charge in [0.25, 0.3) is 0 Å². The van der Waals surface area contributed by atoms with E-state index in [1.165, 1.54) is 5.56 Å². The molecule has 0 radical (unpaired) electrons. The Labute approximate surface area is 122 Å². The first-order chi connectivity index (χ1) is 9.81. The summed E-state index contributed by atoms with van der Waals surface area (Å²) in [7, 11) is 0. The van der Waals surface area contributed by atoms with E-state index in [4.69, 9.17) is 4.74 Å². The standard InChI is InChI=1S/C16H17NO2S/c18-16(9-14-5-3-7-20-14)17-10-12-8-13-4-1-2-6-15(13)19-11-12/h1-7,12H,8-11H2,(H,17,18). The highest BCUT2D eigenvalue weighted by atomic mass is 32.1. The van der Waals surface area contributed by atoms with Crippen LogP contribution in [0.15, 0.2) is 41.8 Å². The first kappa shape index (κ1) is 13.2. The predicted octanol–water partition coefficient (Wildman–Crippen LogP) is 2.66. The maximum Gasteiger partial charge on any atom is 0.225 e. The highest BCUT2D eigenvalue weighted by Gasteiger charge is 2.19. The van der Waals surface area contributed by atoms with Gasteiger partial charge in [-0.3, -0.25) is 4.79 Å². The average Bonchev–Trinajstić information content (AvgIpc) is 2.98. The van der Waals surface area contributed by atoms with E-state index in [0.29, 0.717) is 25.5 Å². The Balaban J connectivity index is 1.49. The minimum atomic E-state index is 0.0892. The fourth-order valence-corrected chi connectivity index (χ4v) is 3.12. The number of amides is 1. The van der Waals surface area contributed by atoms with Crippen LogP contribution in [-0.4, -0.2) is 19.1 Å². The molecule has 1 aliphatic heterocycles. The van der Waals surface area contributed by atoms with Crippen molar-refractivity contribution in [3.63, 3.8) is 0 Å². The maximum atomic E-state index is 11.9. The molecule has 1 amide bonds. The summed E-state index contributed by atoms with van der Waals surface area (Å²) in [6.45, 7) is 1.36. The molecule has 0 saturated carbocycles. The smallest absolute Gasteiger partial charge is 0.225 e. The third-order valence-corrected chi connectivity index (χ3v) is 4.33. The fourth-order valence-electron chi connectivity index (χ4n) is 2.41. The van der Waals surface area contributed by atoms with Gasteiger partial charge in [-0.1, -0.05) is 24.3 Å². The lowest BCUT2D eigenvalue weighted by Crippen LogP contribution is -2.35. The zero-order valence-electron chi connectivity index (χ0n) is 11.2. The Hall–Kier alpha value is -1.81. The molecular weight excluding hydrogens is 270 g/mol. The first-order valence-electron chi connectivity index (χ1n) is 6.81. The molecule has 20 heavy (non-hydrogen) atoms. The van der Waals surface area contributed by atoms with Gasteiger partial charge in [-0.15, -0.1) is 11.3 Å². The van der Waals surface area contributed by atoms with Crippen LogP contribution in [0.4, 0.5) is 0 Å². The zero-order valence-corrected chi connectivity index (χ0v) is 12.0. The second-order valence-corrected chi connectivity index (χ2v) is 6.08. The van der Waals surface area contributed by atoms with Gasteiger partial charge in [0.1, 0.15) is 5.75 Å². The van der Waals surface area contributed by atoms with Gasteiger partial charge in [0.2, 0.25) is 5.91 Å². The van der Waals surface area contributed by atoms with Gasteiger partial charge in [-0.25, -0.2) is 0 Å². The SMILES string of the molecule is O=C(Cc1cccs1)NCC1COc2ccccc2C1. The summed E-state index contributed by atoms with van der Waals surface area (Å²) in [6.07, 6.45) is 1.44. The van der Waals surface area contributed by atoms with Crippen LogP contribution < -0.4 is 10.1 Å². The van der Waals surface area contributed by atoms with Gasteiger partial charge in [0.05, 0.1) is 13.0 Å². The molecule has 104 valence electrons. The summed E-state index contributed by atoms with van der Waals surface area (Å²) >= 11 is 1.62. The molecule has 1 N–H and O–H groups in total. The normalized spacial score (nSPS) is 17.1.